The van der Waals surface area contributed by atoms with Crippen molar-refractivity contribution in [1.29, 1.82) is 0 Å². The molecule has 0 bridgehead atoms. The zero-order valence-electron chi connectivity index (χ0n) is 11.2. The second kappa shape index (κ2) is 5.15. The zero-order valence-corrected chi connectivity index (χ0v) is 11.2. The average molecular weight is 274 g/mol. The molecule has 3 N–H and O–H groups in total. The first-order valence-corrected chi connectivity index (χ1v) is 7.10. The molecule has 106 valence electrons. The third kappa shape index (κ3) is 2.24. The summed E-state index contributed by atoms with van der Waals surface area (Å²) in [5.74, 6) is -0.737. The van der Waals surface area contributed by atoms with E-state index < -0.39 is 5.97 Å². The van der Waals surface area contributed by atoms with Crippen LogP contribution in [0.5, 0.6) is 0 Å². The van der Waals surface area contributed by atoms with Crippen molar-refractivity contribution in [2.24, 2.45) is 5.92 Å². The highest BCUT2D eigenvalue weighted by Crippen LogP contribution is 2.35. The van der Waals surface area contributed by atoms with Gasteiger partial charge < -0.3 is 15.7 Å². The summed E-state index contributed by atoms with van der Waals surface area (Å²) in [4.78, 5) is 23.5. The molecule has 1 saturated carbocycles. The van der Waals surface area contributed by atoms with Crippen molar-refractivity contribution in [2.45, 2.75) is 38.1 Å². The molecule has 0 saturated heterocycles. The number of carboxylic acids is 1. The van der Waals surface area contributed by atoms with Gasteiger partial charge in [-0.1, -0.05) is 25.3 Å². The van der Waals surface area contributed by atoms with Crippen LogP contribution in [0.3, 0.4) is 0 Å². The van der Waals surface area contributed by atoms with E-state index >= 15 is 0 Å². The Hall–Kier alpha value is -2.04. The van der Waals surface area contributed by atoms with Crippen molar-refractivity contribution >= 4 is 23.3 Å². The smallest absolute Gasteiger partial charge is 0.337 e. The largest absolute Gasteiger partial charge is 0.478 e. The van der Waals surface area contributed by atoms with E-state index in [-0.39, 0.29) is 17.5 Å². The van der Waals surface area contributed by atoms with Gasteiger partial charge in [0.05, 0.1) is 16.9 Å². The second-order valence-electron chi connectivity index (χ2n) is 5.54. The number of hydrogen-bond acceptors (Lipinski definition) is 3. The third-order valence-electron chi connectivity index (χ3n) is 4.26. The van der Waals surface area contributed by atoms with Crippen LogP contribution in [0.1, 0.15) is 42.5 Å². The summed E-state index contributed by atoms with van der Waals surface area (Å²) in [5, 5.41) is 15.3. The Balaban J connectivity index is 1.91. The van der Waals surface area contributed by atoms with E-state index in [4.69, 9.17) is 0 Å². The van der Waals surface area contributed by atoms with Gasteiger partial charge >= 0.3 is 5.97 Å². The number of para-hydroxylation sites is 1. The quantitative estimate of drug-likeness (QED) is 0.774. The van der Waals surface area contributed by atoms with Crippen LogP contribution in [0.15, 0.2) is 18.2 Å². The molecule has 1 aromatic carbocycles. The highest BCUT2D eigenvalue weighted by molar-refractivity contribution is 6.08. The SMILES string of the molecule is O=C(O)c1cccc2c1NC(C1CCCCC1)C(=O)N2. The minimum Gasteiger partial charge on any atom is -0.478 e. The van der Waals surface area contributed by atoms with Gasteiger partial charge in [0.15, 0.2) is 0 Å². The molecular formula is C15H18N2O3. The van der Waals surface area contributed by atoms with Crippen LogP contribution < -0.4 is 10.6 Å². The first-order chi connectivity index (χ1) is 9.66. The fraction of sp³-hybridized carbons (Fsp3) is 0.467. The van der Waals surface area contributed by atoms with Crippen LogP contribution in [0, 0.1) is 5.92 Å². The standard InChI is InChI=1S/C15H18N2O3/c18-14-12(9-5-2-1-3-6-9)17-13-10(15(19)20)7-4-8-11(13)16-14/h4,7-9,12,17H,1-3,5-6H2,(H,16,18)(H,19,20). The van der Waals surface area contributed by atoms with Gasteiger partial charge in [-0.15, -0.1) is 0 Å². The lowest BCUT2D eigenvalue weighted by atomic mass is 9.82. The molecule has 1 aromatic rings. The molecule has 5 heteroatoms. The van der Waals surface area contributed by atoms with Crippen molar-refractivity contribution in [3.8, 4) is 0 Å². The van der Waals surface area contributed by atoms with E-state index in [1.807, 2.05) is 0 Å². The topological polar surface area (TPSA) is 78.4 Å². The van der Waals surface area contributed by atoms with Crippen molar-refractivity contribution < 1.29 is 14.7 Å². The van der Waals surface area contributed by atoms with E-state index in [2.05, 4.69) is 10.6 Å². The molecule has 1 unspecified atom stereocenters. The summed E-state index contributed by atoms with van der Waals surface area (Å²) in [6.45, 7) is 0. The maximum atomic E-state index is 12.2. The van der Waals surface area contributed by atoms with Crippen molar-refractivity contribution in [3.63, 3.8) is 0 Å². The van der Waals surface area contributed by atoms with E-state index in [1.54, 1.807) is 18.2 Å². The first kappa shape index (κ1) is 13.0. The summed E-state index contributed by atoms with van der Waals surface area (Å²) in [7, 11) is 0. The summed E-state index contributed by atoms with van der Waals surface area (Å²) < 4.78 is 0. The van der Waals surface area contributed by atoms with Crippen LogP contribution in [0.2, 0.25) is 0 Å². The molecule has 1 aliphatic heterocycles. The van der Waals surface area contributed by atoms with Gasteiger partial charge in [0, 0.05) is 0 Å². The third-order valence-corrected chi connectivity index (χ3v) is 4.26. The fourth-order valence-corrected chi connectivity index (χ4v) is 3.22. The molecule has 5 nitrogen and oxygen atoms in total. The Labute approximate surface area is 117 Å². The summed E-state index contributed by atoms with van der Waals surface area (Å²) in [6, 6.07) is 4.61. The minimum absolute atomic E-state index is 0.0491. The summed E-state index contributed by atoms with van der Waals surface area (Å²) >= 11 is 0. The van der Waals surface area contributed by atoms with Crippen molar-refractivity contribution in [1.82, 2.24) is 0 Å². The number of benzene rings is 1. The van der Waals surface area contributed by atoms with Gasteiger partial charge in [0.25, 0.3) is 0 Å². The number of nitrogens with one attached hydrogen (secondary N) is 2. The molecule has 1 atom stereocenters. The highest BCUT2D eigenvalue weighted by Gasteiger charge is 2.34. The molecule has 1 fully saturated rings. The van der Waals surface area contributed by atoms with E-state index in [1.165, 1.54) is 6.42 Å². The molecule has 1 amide bonds. The maximum absolute atomic E-state index is 12.2. The molecule has 0 radical (unpaired) electrons. The number of carbonyl (C=O) groups is 2. The lowest BCUT2D eigenvalue weighted by Crippen LogP contribution is -2.45. The van der Waals surface area contributed by atoms with E-state index in [0.717, 1.165) is 25.7 Å². The number of carbonyl (C=O) groups excluding carboxylic acids is 1. The van der Waals surface area contributed by atoms with Gasteiger partial charge in [0.1, 0.15) is 6.04 Å². The molecule has 0 aromatic heterocycles. The van der Waals surface area contributed by atoms with Crippen LogP contribution in [0.4, 0.5) is 11.4 Å². The molecule has 1 heterocycles. The van der Waals surface area contributed by atoms with Gasteiger partial charge in [-0.25, -0.2) is 4.79 Å². The van der Waals surface area contributed by atoms with Crippen molar-refractivity contribution in [3.05, 3.63) is 23.8 Å². The maximum Gasteiger partial charge on any atom is 0.337 e. The molecule has 1 aliphatic carbocycles. The first-order valence-electron chi connectivity index (χ1n) is 7.10. The summed E-state index contributed by atoms with van der Waals surface area (Å²) in [5.41, 5.74) is 1.31. The Morgan fingerprint density at radius 3 is 2.65 bits per heavy atom. The lowest BCUT2D eigenvalue weighted by Gasteiger charge is -2.35. The zero-order chi connectivity index (χ0) is 14.1. The Kier molecular flexibility index (Phi) is 3.34. The average Bonchev–Trinajstić information content (AvgIpc) is 2.46. The Morgan fingerprint density at radius 1 is 1.20 bits per heavy atom. The van der Waals surface area contributed by atoms with Crippen LogP contribution in [-0.4, -0.2) is 23.0 Å². The number of rotatable bonds is 2. The van der Waals surface area contributed by atoms with E-state index in [9.17, 15) is 14.7 Å². The molecule has 0 spiro atoms. The molecular weight excluding hydrogens is 256 g/mol. The van der Waals surface area contributed by atoms with Crippen LogP contribution in [-0.2, 0) is 4.79 Å². The summed E-state index contributed by atoms with van der Waals surface area (Å²) in [6.07, 6.45) is 5.56. The lowest BCUT2D eigenvalue weighted by molar-refractivity contribution is -0.118. The number of hydrogen-bond donors (Lipinski definition) is 3. The highest BCUT2D eigenvalue weighted by atomic mass is 16.4. The monoisotopic (exact) mass is 274 g/mol. The van der Waals surface area contributed by atoms with Gasteiger partial charge in [-0.2, -0.15) is 0 Å². The Morgan fingerprint density at radius 2 is 1.95 bits per heavy atom. The second-order valence-corrected chi connectivity index (χ2v) is 5.54. The predicted molar refractivity (Wildman–Crippen MR) is 76.0 cm³/mol. The van der Waals surface area contributed by atoms with Crippen LogP contribution in [0.25, 0.3) is 0 Å². The fourth-order valence-electron chi connectivity index (χ4n) is 3.22. The number of anilines is 2. The van der Waals surface area contributed by atoms with Gasteiger partial charge in [0.2, 0.25) is 5.91 Å². The minimum atomic E-state index is -0.979. The Bertz CT molecular complexity index is 550. The van der Waals surface area contributed by atoms with Gasteiger partial charge in [-0.05, 0) is 30.9 Å². The molecule has 20 heavy (non-hydrogen) atoms. The van der Waals surface area contributed by atoms with Crippen LogP contribution >= 0.6 is 0 Å². The van der Waals surface area contributed by atoms with Gasteiger partial charge in [-0.3, -0.25) is 4.79 Å². The molecule has 3 rings (SSSR count). The number of aromatic carboxylic acids is 1. The van der Waals surface area contributed by atoms with E-state index in [0.29, 0.717) is 17.3 Å². The number of carboxylic acid groups (broad SMARTS) is 1. The molecule has 2 aliphatic rings. The number of fused-ring (bicyclic) bond motifs is 1. The van der Waals surface area contributed by atoms with Crippen molar-refractivity contribution in [2.75, 3.05) is 10.6 Å². The normalized spacial score (nSPS) is 22.6. The predicted octanol–water partition coefficient (Wildman–Crippen LogP) is 2.70. The number of amides is 1.